The molecule has 2 amide bonds. The number of nitrogens with one attached hydrogen (secondary N) is 1. The Morgan fingerprint density at radius 3 is 2.23 bits per heavy atom. The van der Waals surface area contributed by atoms with Crippen molar-refractivity contribution in [1.82, 2.24) is 10.2 Å². The van der Waals surface area contributed by atoms with Crippen LogP contribution in [0.3, 0.4) is 0 Å². The lowest BCUT2D eigenvalue weighted by Crippen LogP contribution is -2.52. The highest BCUT2D eigenvalue weighted by Crippen LogP contribution is 2.33. The van der Waals surface area contributed by atoms with Crippen molar-refractivity contribution < 1.29 is 22.7 Å². The van der Waals surface area contributed by atoms with Gasteiger partial charge in [0.25, 0.3) is 10.0 Å². The monoisotopic (exact) mass is 551 g/mol. The number of carbonyl (C=O) groups is 2. The number of rotatable bonds is 12. The molecular weight excluding hydrogens is 514 g/mol. The summed E-state index contributed by atoms with van der Waals surface area (Å²) in [6, 6.07) is 20.0. The first-order chi connectivity index (χ1) is 18.6. The lowest BCUT2D eigenvalue weighted by atomic mass is 10.1. The molecule has 0 aliphatic heterocycles. The topological polar surface area (TPSA) is 96.0 Å². The molecule has 0 bridgehead atoms. The third-order valence-electron chi connectivity index (χ3n) is 6.39. The van der Waals surface area contributed by atoms with Gasteiger partial charge in [0, 0.05) is 13.1 Å². The van der Waals surface area contributed by atoms with E-state index in [-0.39, 0.29) is 23.0 Å². The predicted octanol–water partition coefficient (Wildman–Crippen LogP) is 4.45. The van der Waals surface area contributed by atoms with E-state index >= 15 is 0 Å². The first-order valence-corrected chi connectivity index (χ1v) is 14.4. The molecule has 0 radical (unpaired) electrons. The number of benzene rings is 3. The molecule has 1 atom stereocenters. The SMILES string of the molecule is CCNC(=O)C(CC)N(Cc1cccc(C)c1)C(=O)CN(c1cc(C)ccc1OC)S(=O)(=O)c1ccccc1. The van der Waals surface area contributed by atoms with Gasteiger partial charge in [-0.1, -0.05) is 61.0 Å². The van der Waals surface area contributed by atoms with Crippen LogP contribution in [0.5, 0.6) is 5.75 Å². The molecule has 0 aromatic heterocycles. The average molecular weight is 552 g/mol. The Kier molecular flexibility index (Phi) is 10.1. The molecule has 0 heterocycles. The van der Waals surface area contributed by atoms with Gasteiger partial charge in [-0.05, 0) is 62.6 Å². The minimum Gasteiger partial charge on any atom is -0.495 e. The van der Waals surface area contributed by atoms with Gasteiger partial charge in [0.05, 0.1) is 17.7 Å². The molecular formula is C30H37N3O5S. The summed E-state index contributed by atoms with van der Waals surface area (Å²) in [4.78, 5) is 28.6. The highest BCUT2D eigenvalue weighted by Gasteiger charge is 2.34. The molecule has 208 valence electrons. The van der Waals surface area contributed by atoms with E-state index in [1.165, 1.54) is 24.1 Å². The smallest absolute Gasteiger partial charge is 0.264 e. The van der Waals surface area contributed by atoms with Crippen molar-refractivity contribution in [2.45, 2.75) is 51.6 Å². The van der Waals surface area contributed by atoms with Crippen LogP contribution in [-0.2, 0) is 26.2 Å². The van der Waals surface area contributed by atoms with Crippen molar-refractivity contribution in [3.8, 4) is 5.75 Å². The Hall–Kier alpha value is -3.85. The van der Waals surface area contributed by atoms with Crippen LogP contribution in [0.2, 0.25) is 0 Å². The van der Waals surface area contributed by atoms with Gasteiger partial charge in [-0.3, -0.25) is 13.9 Å². The maximum absolute atomic E-state index is 14.1. The molecule has 3 aromatic carbocycles. The Balaban J connectivity index is 2.12. The van der Waals surface area contributed by atoms with Crippen LogP contribution >= 0.6 is 0 Å². The average Bonchev–Trinajstić information content (AvgIpc) is 2.92. The molecule has 1 unspecified atom stereocenters. The van der Waals surface area contributed by atoms with Gasteiger partial charge in [-0.15, -0.1) is 0 Å². The summed E-state index contributed by atoms with van der Waals surface area (Å²) in [5.41, 5.74) is 2.91. The van der Waals surface area contributed by atoms with Crippen LogP contribution in [0.15, 0.2) is 77.7 Å². The van der Waals surface area contributed by atoms with Crippen LogP contribution < -0.4 is 14.4 Å². The van der Waals surface area contributed by atoms with Crippen molar-refractivity contribution in [2.24, 2.45) is 0 Å². The number of hydrogen-bond acceptors (Lipinski definition) is 5. The number of ether oxygens (including phenoxy) is 1. The number of sulfonamides is 1. The van der Waals surface area contributed by atoms with Crippen LogP contribution in [0.1, 0.15) is 37.0 Å². The van der Waals surface area contributed by atoms with Crippen molar-refractivity contribution >= 4 is 27.5 Å². The molecule has 0 saturated carbocycles. The van der Waals surface area contributed by atoms with Gasteiger partial charge in [-0.2, -0.15) is 0 Å². The standard InChI is InChI=1S/C30H37N3O5S/c1-6-26(30(35)31-7-2)32(20-24-13-11-12-22(3)18-24)29(34)21-33(27-19-23(4)16-17-28(27)38-5)39(36,37)25-14-9-8-10-15-25/h8-19,26H,6-7,20-21H2,1-5H3,(H,31,35). The van der Waals surface area contributed by atoms with E-state index in [0.717, 1.165) is 21.0 Å². The third kappa shape index (κ3) is 7.17. The van der Waals surface area contributed by atoms with Crippen LogP contribution in [0.4, 0.5) is 5.69 Å². The third-order valence-corrected chi connectivity index (χ3v) is 8.16. The second-order valence-corrected chi connectivity index (χ2v) is 11.2. The molecule has 39 heavy (non-hydrogen) atoms. The fourth-order valence-corrected chi connectivity index (χ4v) is 5.88. The molecule has 3 aromatic rings. The minimum atomic E-state index is -4.17. The number of nitrogens with zero attached hydrogens (tertiary/aromatic N) is 2. The fraction of sp³-hybridized carbons (Fsp3) is 0.333. The Bertz CT molecular complexity index is 1390. The van der Waals surface area contributed by atoms with Crippen molar-refractivity contribution in [1.29, 1.82) is 0 Å². The van der Waals surface area contributed by atoms with Gasteiger partial charge in [0.2, 0.25) is 11.8 Å². The van der Waals surface area contributed by atoms with E-state index < -0.39 is 28.5 Å². The Morgan fingerprint density at radius 2 is 1.62 bits per heavy atom. The number of methoxy groups -OCH3 is 1. The minimum absolute atomic E-state index is 0.0439. The first-order valence-electron chi connectivity index (χ1n) is 13.0. The lowest BCUT2D eigenvalue weighted by molar-refractivity contribution is -0.140. The van der Waals surface area contributed by atoms with Gasteiger partial charge in [0.15, 0.2) is 0 Å². The number of aryl methyl sites for hydroxylation is 2. The van der Waals surface area contributed by atoms with E-state index in [2.05, 4.69) is 5.32 Å². The molecule has 1 N–H and O–H groups in total. The van der Waals surface area contributed by atoms with Crippen molar-refractivity contribution in [2.75, 3.05) is 24.5 Å². The molecule has 0 saturated heterocycles. The second-order valence-electron chi connectivity index (χ2n) is 9.33. The summed E-state index contributed by atoms with van der Waals surface area (Å²) in [5.74, 6) is -0.474. The molecule has 0 fully saturated rings. The summed E-state index contributed by atoms with van der Waals surface area (Å²) in [7, 11) is -2.72. The summed E-state index contributed by atoms with van der Waals surface area (Å²) in [6.07, 6.45) is 0.364. The summed E-state index contributed by atoms with van der Waals surface area (Å²) < 4.78 is 34.5. The quantitative estimate of drug-likeness (QED) is 0.359. The Labute approximate surface area is 231 Å². The number of carbonyl (C=O) groups excluding carboxylic acids is 2. The van der Waals surface area contributed by atoms with Crippen LogP contribution in [0.25, 0.3) is 0 Å². The van der Waals surface area contributed by atoms with E-state index in [1.54, 1.807) is 30.3 Å². The number of hydrogen-bond donors (Lipinski definition) is 1. The summed E-state index contributed by atoms with van der Waals surface area (Å²) in [6.45, 7) is 7.49. The van der Waals surface area contributed by atoms with Crippen LogP contribution in [-0.4, -0.2) is 51.4 Å². The van der Waals surface area contributed by atoms with Crippen LogP contribution in [0, 0.1) is 13.8 Å². The van der Waals surface area contributed by atoms with E-state index in [9.17, 15) is 18.0 Å². The maximum Gasteiger partial charge on any atom is 0.264 e. The van der Waals surface area contributed by atoms with Gasteiger partial charge in [0.1, 0.15) is 18.3 Å². The zero-order chi connectivity index (χ0) is 28.6. The molecule has 8 nitrogen and oxygen atoms in total. The molecule has 0 aliphatic rings. The van der Waals surface area contributed by atoms with Gasteiger partial charge < -0.3 is 15.0 Å². The highest BCUT2D eigenvalue weighted by molar-refractivity contribution is 7.92. The van der Waals surface area contributed by atoms with Gasteiger partial charge >= 0.3 is 0 Å². The predicted molar refractivity (Wildman–Crippen MR) is 153 cm³/mol. The van der Waals surface area contributed by atoms with E-state index in [4.69, 9.17) is 4.74 Å². The van der Waals surface area contributed by atoms with E-state index in [0.29, 0.717) is 18.7 Å². The molecule has 0 spiro atoms. The van der Waals surface area contributed by atoms with Crippen molar-refractivity contribution in [3.05, 3.63) is 89.5 Å². The number of amides is 2. The second kappa shape index (κ2) is 13.3. The molecule has 3 rings (SSSR count). The maximum atomic E-state index is 14.1. The highest BCUT2D eigenvalue weighted by atomic mass is 32.2. The zero-order valence-electron chi connectivity index (χ0n) is 23.2. The first kappa shape index (κ1) is 29.7. The summed E-state index contributed by atoms with van der Waals surface area (Å²) >= 11 is 0. The van der Waals surface area contributed by atoms with Crippen molar-refractivity contribution in [3.63, 3.8) is 0 Å². The fourth-order valence-electron chi connectivity index (χ4n) is 4.45. The number of likely N-dealkylation sites (N-methyl/N-ethyl adjacent to an activating group) is 1. The summed E-state index contributed by atoms with van der Waals surface area (Å²) in [5, 5.41) is 2.81. The number of anilines is 1. The van der Waals surface area contributed by atoms with Gasteiger partial charge in [-0.25, -0.2) is 8.42 Å². The van der Waals surface area contributed by atoms with E-state index in [1.807, 2.05) is 58.0 Å². The molecule has 9 heteroatoms. The normalized spacial score (nSPS) is 11.9. The molecule has 0 aliphatic carbocycles. The Morgan fingerprint density at radius 1 is 0.923 bits per heavy atom. The largest absolute Gasteiger partial charge is 0.495 e. The lowest BCUT2D eigenvalue weighted by Gasteiger charge is -2.33. The zero-order valence-corrected chi connectivity index (χ0v) is 24.0.